The summed E-state index contributed by atoms with van der Waals surface area (Å²) in [4.78, 5) is 0. The maximum absolute atomic E-state index is 6.09. The molecule has 2 aromatic carbocycles. The Morgan fingerprint density at radius 1 is 1.27 bits per heavy atom. The van der Waals surface area contributed by atoms with Crippen LogP contribution in [-0.4, -0.2) is 0 Å². The number of hydrogen-bond donors (Lipinski definition) is 0. The second-order valence-electron chi connectivity index (χ2n) is 3.36. The summed E-state index contributed by atoms with van der Waals surface area (Å²) in [6.45, 7) is 2.00. The van der Waals surface area contributed by atoms with Crippen molar-refractivity contribution in [2.45, 2.75) is 6.92 Å². The van der Waals surface area contributed by atoms with E-state index in [1.807, 2.05) is 37.3 Å². The quantitative estimate of drug-likeness (QED) is 0.698. The van der Waals surface area contributed by atoms with Crippen LogP contribution in [0, 0.1) is 13.0 Å². The van der Waals surface area contributed by atoms with Crippen molar-refractivity contribution in [1.82, 2.24) is 0 Å². The van der Waals surface area contributed by atoms with Crippen molar-refractivity contribution < 1.29 is 0 Å². The van der Waals surface area contributed by atoms with Gasteiger partial charge in [0.2, 0.25) is 0 Å². The summed E-state index contributed by atoms with van der Waals surface area (Å²) in [5.41, 5.74) is 3.21. The maximum atomic E-state index is 6.09. The van der Waals surface area contributed by atoms with Gasteiger partial charge in [-0.05, 0) is 36.2 Å². The topological polar surface area (TPSA) is 0 Å². The van der Waals surface area contributed by atoms with Gasteiger partial charge in [-0.25, -0.2) is 0 Å². The van der Waals surface area contributed by atoms with Crippen molar-refractivity contribution in [1.29, 1.82) is 0 Å². The lowest BCUT2D eigenvalue weighted by Gasteiger charge is -2.05. The molecule has 0 amide bonds. The third kappa shape index (κ3) is 2.24. The van der Waals surface area contributed by atoms with E-state index in [4.69, 9.17) is 11.6 Å². The van der Waals surface area contributed by atoms with E-state index in [0.717, 1.165) is 26.2 Å². The fraction of sp³-hybridized carbons (Fsp3) is 0.0769. The lowest BCUT2D eigenvalue weighted by molar-refractivity contribution is 1.46. The van der Waals surface area contributed by atoms with Gasteiger partial charge in [0.25, 0.3) is 0 Å². The number of halogens is 2. The summed E-state index contributed by atoms with van der Waals surface area (Å²) >= 11 is 9.59. The Morgan fingerprint density at radius 2 is 2.07 bits per heavy atom. The highest BCUT2D eigenvalue weighted by atomic mass is 79.9. The lowest BCUT2D eigenvalue weighted by atomic mass is 10.0. The molecule has 0 atom stereocenters. The van der Waals surface area contributed by atoms with Crippen LogP contribution in [0.1, 0.15) is 5.56 Å². The Balaban J connectivity index is 2.55. The molecule has 1 radical (unpaired) electrons. The Bertz CT molecular complexity index is 492. The molecule has 0 aliphatic heterocycles. The van der Waals surface area contributed by atoms with E-state index in [1.54, 1.807) is 0 Å². The van der Waals surface area contributed by atoms with Gasteiger partial charge in [-0.1, -0.05) is 51.8 Å². The van der Waals surface area contributed by atoms with Crippen LogP contribution in [0.5, 0.6) is 0 Å². The van der Waals surface area contributed by atoms with Gasteiger partial charge in [-0.2, -0.15) is 0 Å². The Hall–Kier alpha value is -0.790. The maximum Gasteiger partial charge on any atom is 0.0441 e. The third-order valence-corrected chi connectivity index (χ3v) is 3.33. The standard InChI is InChI=1S/C13H9BrCl/c1-9-6-7-10(8-13(9)15)11-4-2-3-5-12(11)14/h2-3,5-8H,1H3. The molecule has 0 aromatic heterocycles. The number of aryl methyl sites for hydroxylation is 1. The van der Waals surface area contributed by atoms with E-state index < -0.39 is 0 Å². The first-order valence-electron chi connectivity index (χ1n) is 4.61. The van der Waals surface area contributed by atoms with Crippen LogP contribution >= 0.6 is 27.5 Å². The van der Waals surface area contributed by atoms with Crippen LogP contribution in [0.2, 0.25) is 5.02 Å². The first-order valence-corrected chi connectivity index (χ1v) is 5.78. The minimum atomic E-state index is 0.789. The average Bonchev–Trinajstić information content (AvgIpc) is 2.23. The van der Waals surface area contributed by atoms with Crippen molar-refractivity contribution in [3.63, 3.8) is 0 Å². The van der Waals surface area contributed by atoms with Crippen LogP contribution in [0.25, 0.3) is 11.1 Å². The highest BCUT2D eigenvalue weighted by Crippen LogP contribution is 2.30. The van der Waals surface area contributed by atoms with Gasteiger partial charge in [0, 0.05) is 15.1 Å². The average molecular weight is 281 g/mol. The van der Waals surface area contributed by atoms with Gasteiger partial charge >= 0.3 is 0 Å². The lowest BCUT2D eigenvalue weighted by Crippen LogP contribution is -1.82. The summed E-state index contributed by atoms with van der Waals surface area (Å²) in [6.07, 6.45) is 0. The fourth-order valence-electron chi connectivity index (χ4n) is 1.39. The van der Waals surface area contributed by atoms with Gasteiger partial charge in [-0.15, -0.1) is 0 Å². The second-order valence-corrected chi connectivity index (χ2v) is 4.62. The summed E-state index contributed by atoms with van der Waals surface area (Å²) in [5, 5.41) is 0.789. The number of hydrogen-bond acceptors (Lipinski definition) is 0. The molecule has 2 aromatic rings. The molecular weight excluding hydrogens is 272 g/mol. The molecule has 0 aliphatic rings. The summed E-state index contributed by atoms with van der Waals surface area (Å²) in [7, 11) is 0. The predicted octanol–water partition coefficient (Wildman–Crippen LogP) is 4.88. The van der Waals surface area contributed by atoms with Crippen molar-refractivity contribution in [3.05, 3.63) is 57.5 Å². The van der Waals surface area contributed by atoms with E-state index in [0.29, 0.717) is 0 Å². The fourth-order valence-corrected chi connectivity index (χ4v) is 2.06. The summed E-state index contributed by atoms with van der Waals surface area (Å²) in [6, 6.07) is 15.1. The van der Waals surface area contributed by atoms with Crippen molar-refractivity contribution in [2.24, 2.45) is 0 Å². The van der Waals surface area contributed by atoms with E-state index in [1.165, 1.54) is 0 Å². The molecule has 0 aliphatic carbocycles. The minimum Gasteiger partial charge on any atom is -0.0840 e. The Kier molecular flexibility index (Phi) is 3.13. The first-order chi connectivity index (χ1) is 7.18. The summed E-state index contributed by atoms with van der Waals surface area (Å²) < 4.78 is 1.03. The van der Waals surface area contributed by atoms with E-state index in [2.05, 4.69) is 28.1 Å². The zero-order valence-corrected chi connectivity index (χ0v) is 10.6. The SMILES string of the molecule is Cc1ccc(-c2[c]cccc2Br)cc1Cl. The van der Waals surface area contributed by atoms with Crippen LogP contribution in [-0.2, 0) is 0 Å². The van der Waals surface area contributed by atoms with Crippen LogP contribution < -0.4 is 0 Å². The molecule has 2 rings (SSSR count). The second kappa shape index (κ2) is 4.38. The normalized spacial score (nSPS) is 10.3. The highest BCUT2D eigenvalue weighted by molar-refractivity contribution is 9.10. The smallest absolute Gasteiger partial charge is 0.0441 e. The first kappa shape index (κ1) is 10.7. The molecule has 0 N–H and O–H groups in total. The molecule has 0 saturated heterocycles. The van der Waals surface area contributed by atoms with Crippen molar-refractivity contribution in [2.75, 3.05) is 0 Å². The molecule has 0 unspecified atom stereocenters. The highest BCUT2D eigenvalue weighted by Gasteiger charge is 2.04. The van der Waals surface area contributed by atoms with Crippen LogP contribution in [0.15, 0.2) is 40.9 Å². The zero-order valence-electron chi connectivity index (χ0n) is 8.22. The third-order valence-electron chi connectivity index (χ3n) is 2.27. The molecule has 0 bridgehead atoms. The predicted molar refractivity (Wildman–Crippen MR) is 68.2 cm³/mol. The van der Waals surface area contributed by atoms with Crippen molar-refractivity contribution >= 4 is 27.5 Å². The van der Waals surface area contributed by atoms with E-state index >= 15 is 0 Å². The van der Waals surface area contributed by atoms with Gasteiger partial charge in [0.15, 0.2) is 0 Å². The molecule has 0 spiro atoms. The van der Waals surface area contributed by atoms with Crippen molar-refractivity contribution in [3.8, 4) is 11.1 Å². The molecule has 2 heteroatoms. The molecule has 75 valence electrons. The molecule has 15 heavy (non-hydrogen) atoms. The van der Waals surface area contributed by atoms with Gasteiger partial charge in [0.05, 0.1) is 0 Å². The summed E-state index contributed by atoms with van der Waals surface area (Å²) in [5.74, 6) is 0. The van der Waals surface area contributed by atoms with E-state index in [9.17, 15) is 0 Å². The molecule has 0 nitrogen and oxygen atoms in total. The number of benzene rings is 2. The zero-order chi connectivity index (χ0) is 10.8. The largest absolute Gasteiger partial charge is 0.0840 e. The Labute approximate surface area is 103 Å². The monoisotopic (exact) mass is 279 g/mol. The van der Waals surface area contributed by atoms with Gasteiger partial charge in [-0.3, -0.25) is 0 Å². The van der Waals surface area contributed by atoms with Gasteiger partial charge in [0.1, 0.15) is 0 Å². The molecule has 0 saturated carbocycles. The molecule has 0 fully saturated rings. The minimum absolute atomic E-state index is 0.789. The molecule has 0 heterocycles. The Morgan fingerprint density at radius 3 is 2.73 bits per heavy atom. The molecular formula is C13H9BrCl. The van der Waals surface area contributed by atoms with Crippen LogP contribution in [0.4, 0.5) is 0 Å². The van der Waals surface area contributed by atoms with Gasteiger partial charge < -0.3 is 0 Å². The van der Waals surface area contributed by atoms with E-state index in [-0.39, 0.29) is 0 Å². The number of rotatable bonds is 1. The van der Waals surface area contributed by atoms with Crippen LogP contribution in [0.3, 0.4) is 0 Å².